The molecule has 1 atom stereocenters. The Morgan fingerprint density at radius 3 is 2.50 bits per heavy atom. The fourth-order valence-electron chi connectivity index (χ4n) is 1.18. The molecule has 90 valence electrons. The van der Waals surface area contributed by atoms with E-state index < -0.39 is 0 Å². The summed E-state index contributed by atoms with van der Waals surface area (Å²) in [6.45, 7) is 4.11. The van der Waals surface area contributed by atoms with Gasteiger partial charge < -0.3 is 0 Å². The van der Waals surface area contributed by atoms with Gasteiger partial charge in [-0.25, -0.2) is 0 Å². The minimum atomic E-state index is 0.480. The maximum atomic E-state index is 10.6. The molecule has 0 fully saturated rings. The van der Waals surface area contributed by atoms with Crippen LogP contribution in [0.15, 0.2) is 35.5 Å². The zero-order valence-electron chi connectivity index (χ0n) is 10.5. The van der Waals surface area contributed by atoms with E-state index in [1.807, 2.05) is 27.1 Å². The molecule has 0 aromatic carbocycles. The largest absolute Gasteiger partial charge is 0.298 e. The average molecular weight is 239 g/mol. The van der Waals surface area contributed by atoms with E-state index in [2.05, 4.69) is 38.0 Å². The van der Waals surface area contributed by atoms with Crippen LogP contribution in [0, 0.1) is 5.92 Å². The molecule has 1 rings (SSSR count). The van der Waals surface area contributed by atoms with Crippen molar-refractivity contribution in [2.24, 2.45) is 5.92 Å². The highest BCUT2D eigenvalue weighted by Crippen LogP contribution is 2.14. The van der Waals surface area contributed by atoms with Crippen molar-refractivity contribution in [2.75, 3.05) is 14.1 Å². The lowest BCUT2D eigenvalue weighted by molar-refractivity contribution is -0.105. The van der Waals surface area contributed by atoms with Gasteiger partial charge in [-0.2, -0.15) is 0 Å². The first kappa shape index (κ1) is 15.2. The van der Waals surface area contributed by atoms with E-state index >= 15 is 0 Å². The zero-order chi connectivity index (χ0) is 12.6. The van der Waals surface area contributed by atoms with Crippen molar-refractivity contribution in [3.63, 3.8) is 0 Å². The van der Waals surface area contributed by atoms with Crippen molar-refractivity contribution in [3.05, 3.63) is 35.5 Å². The Morgan fingerprint density at radius 2 is 2.00 bits per heavy atom. The van der Waals surface area contributed by atoms with Crippen molar-refractivity contribution in [1.29, 1.82) is 0 Å². The monoisotopic (exact) mass is 239 g/mol. The number of carbonyl (C=O) groups is 1. The second-order valence-corrected chi connectivity index (χ2v) is 4.82. The number of nitrogens with zero attached hydrogens (tertiary/aromatic N) is 1. The van der Waals surface area contributed by atoms with Crippen LogP contribution in [0.4, 0.5) is 0 Å². The Bertz CT molecular complexity index is 300. The maximum Gasteiger partial charge on any atom is 0.146 e. The highest BCUT2D eigenvalue weighted by molar-refractivity contribution is 7.77. The molecule has 1 aliphatic carbocycles. The lowest BCUT2D eigenvalue weighted by Crippen LogP contribution is -1.92. The van der Waals surface area contributed by atoms with E-state index in [1.165, 1.54) is 0 Å². The molecular formula is C13H21NOS. The van der Waals surface area contributed by atoms with Crippen molar-refractivity contribution in [1.82, 2.24) is 4.31 Å². The summed E-state index contributed by atoms with van der Waals surface area (Å²) in [7, 11) is 3.73. The van der Waals surface area contributed by atoms with Crippen molar-refractivity contribution >= 4 is 19.1 Å². The van der Waals surface area contributed by atoms with Crippen LogP contribution in [0.5, 0.6) is 0 Å². The van der Waals surface area contributed by atoms with Gasteiger partial charge in [0.05, 0.1) is 0 Å². The summed E-state index contributed by atoms with van der Waals surface area (Å²) in [5, 5.41) is 0. The molecule has 2 nitrogen and oxygen atoms in total. The molecule has 0 radical (unpaired) electrons. The molecule has 1 aliphatic rings. The van der Waals surface area contributed by atoms with E-state index in [-0.39, 0.29) is 0 Å². The normalized spacial score (nSPS) is 28.5. The van der Waals surface area contributed by atoms with Crippen molar-refractivity contribution in [2.45, 2.75) is 20.3 Å². The molecular weight excluding hydrogens is 218 g/mol. The van der Waals surface area contributed by atoms with E-state index in [4.69, 9.17) is 0 Å². The van der Waals surface area contributed by atoms with Crippen molar-refractivity contribution < 1.29 is 4.79 Å². The standard InChI is InChI=1S/C11H14O.C2H7NS/c1-9-4-3-5-11(8-12)10(2)7-6-9;1-3(2)4/h3-4,6-9H,5H2,1-2H3;4H,1-2H3/b4-3-,7-6-,11-10+;. The van der Waals surface area contributed by atoms with Gasteiger partial charge in [0.15, 0.2) is 0 Å². The Kier molecular flexibility index (Phi) is 7.95. The predicted molar refractivity (Wildman–Crippen MR) is 73.5 cm³/mol. The van der Waals surface area contributed by atoms with Gasteiger partial charge in [0.1, 0.15) is 6.29 Å². The molecule has 0 bridgehead atoms. The van der Waals surface area contributed by atoms with E-state index in [9.17, 15) is 4.79 Å². The van der Waals surface area contributed by atoms with Gasteiger partial charge in [-0.1, -0.05) is 44.0 Å². The minimum absolute atomic E-state index is 0.480. The summed E-state index contributed by atoms with van der Waals surface area (Å²) >= 11 is 3.80. The number of hydrogen-bond donors (Lipinski definition) is 1. The van der Waals surface area contributed by atoms with Gasteiger partial charge in [0.2, 0.25) is 0 Å². The number of hydrogen-bond acceptors (Lipinski definition) is 3. The molecule has 3 heteroatoms. The maximum absolute atomic E-state index is 10.6. The summed E-state index contributed by atoms with van der Waals surface area (Å²) < 4.78 is 1.69. The quantitative estimate of drug-likeness (QED) is 0.431. The number of carbonyl (C=O) groups excluding carboxylic acids is 1. The molecule has 0 amide bonds. The second kappa shape index (κ2) is 8.36. The molecule has 0 saturated heterocycles. The van der Waals surface area contributed by atoms with Crippen LogP contribution in [-0.4, -0.2) is 24.7 Å². The van der Waals surface area contributed by atoms with Crippen LogP contribution >= 0.6 is 12.8 Å². The Morgan fingerprint density at radius 1 is 1.44 bits per heavy atom. The Labute approximate surface area is 104 Å². The SMILES string of the molecule is CC1=C(\C=O)C/C=C\C(C)/C=C\1.CN(C)S. The lowest BCUT2D eigenvalue weighted by atomic mass is 10.0. The summed E-state index contributed by atoms with van der Waals surface area (Å²) in [6, 6.07) is 0. The topological polar surface area (TPSA) is 20.3 Å². The third-order valence-electron chi connectivity index (χ3n) is 2.08. The summed E-state index contributed by atoms with van der Waals surface area (Å²) in [5.74, 6) is 0.480. The summed E-state index contributed by atoms with van der Waals surface area (Å²) in [6.07, 6.45) is 10.0. The van der Waals surface area contributed by atoms with Crippen LogP contribution in [0.2, 0.25) is 0 Å². The van der Waals surface area contributed by atoms with Gasteiger partial charge >= 0.3 is 0 Å². The number of rotatable bonds is 1. The van der Waals surface area contributed by atoms with Gasteiger partial charge in [-0.15, -0.1) is 0 Å². The lowest BCUT2D eigenvalue weighted by Gasteiger charge is -2.05. The van der Waals surface area contributed by atoms with Crippen LogP contribution in [0.25, 0.3) is 0 Å². The number of allylic oxidation sites excluding steroid dienone is 6. The fourth-order valence-corrected chi connectivity index (χ4v) is 1.18. The molecule has 0 aromatic heterocycles. The highest BCUT2D eigenvalue weighted by atomic mass is 32.1. The molecule has 0 heterocycles. The first-order valence-electron chi connectivity index (χ1n) is 5.33. The number of aldehydes is 1. The van der Waals surface area contributed by atoms with E-state index in [0.717, 1.165) is 23.9 Å². The summed E-state index contributed by atoms with van der Waals surface area (Å²) in [4.78, 5) is 10.6. The van der Waals surface area contributed by atoms with Crippen LogP contribution in [0.1, 0.15) is 20.3 Å². The molecule has 0 aromatic rings. The Balaban J connectivity index is 0.000000487. The molecule has 0 spiro atoms. The Hall–Kier alpha value is -0.800. The van der Waals surface area contributed by atoms with Crippen LogP contribution in [-0.2, 0) is 4.79 Å². The second-order valence-electron chi connectivity index (χ2n) is 4.02. The number of thiol groups is 1. The first-order chi connectivity index (χ1) is 7.47. The average Bonchev–Trinajstić information content (AvgIpc) is 2.18. The fraction of sp³-hybridized carbons (Fsp3) is 0.462. The minimum Gasteiger partial charge on any atom is -0.298 e. The van der Waals surface area contributed by atoms with Gasteiger partial charge in [0.25, 0.3) is 0 Å². The van der Waals surface area contributed by atoms with Gasteiger partial charge in [-0.05, 0) is 44.5 Å². The predicted octanol–water partition coefficient (Wildman–Crippen LogP) is 3.05. The highest BCUT2D eigenvalue weighted by Gasteiger charge is 2.00. The molecule has 16 heavy (non-hydrogen) atoms. The van der Waals surface area contributed by atoms with E-state index in [0.29, 0.717) is 5.92 Å². The molecule has 0 aliphatic heterocycles. The van der Waals surface area contributed by atoms with Crippen LogP contribution < -0.4 is 0 Å². The van der Waals surface area contributed by atoms with Gasteiger partial charge in [-0.3, -0.25) is 9.10 Å². The first-order valence-corrected chi connectivity index (χ1v) is 5.73. The van der Waals surface area contributed by atoms with E-state index in [1.54, 1.807) is 4.31 Å². The molecule has 0 N–H and O–H groups in total. The smallest absolute Gasteiger partial charge is 0.146 e. The van der Waals surface area contributed by atoms with Gasteiger partial charge in [0, 0.05) is 0 Å². The third-order valence-corrected chi connectivity index (χ3v) is 2.08. The van der Waals surface area contributed by atoms with Crippen molar-refractivity contribution in [3.8, 4) is 0 Å². The van der Waals surface area contributed by atoms with Crippen LogP contribution in [0.3, 0.4) is 0 Å². The molecule has 0 saturated carbocycles. The summed E-state index contributed by atoms with van der Waals surface area (Å²) in [5.41, 5.74) is 1.97. The third kappa shape index (κ3) is 7.49. The zero-order valence-corrected chi connectivity index (χ0v) is 11.4. The molecule has 1 unspecified atom stereocenters.